The molecule has 0 aromatic heterocycles. The maximum Gasteiger partial charge on any atom is 0.237 e. The lowest BCUT2D eigenvalue weighted by atomic mass is 9.95. The maximum absolute atomic E-state index is 12.0. The molecule has 0 bridgehead atoms. The van der Waals surface area contributed by atoms with Gasteiger partial charge in [-0.3, -0.25) is 4.79 Å². The Hall–Kier alpha value is -1.40. The quantitative estimate of drug-likeness (QED) is 0.870. The third-order valence-corrected chi connectivity index (χ3v) is 5.30. The molecule has 1 aromatic carbocycles. The van der Waals surface area contributed by atoms with Gasteiger partial charge in [0.2, 0.25) is 5.91 Å². The van der Waals surface area contributed by atoms with Gasteiger partial charge in [0, 0.05) is 30.8 Å². The zero-order valence-corrected chi connectivity index (χ0v) is 12.3. The first-order valence-corrected chi connectivity index (χ1v) is 8.54. The fourth-order valence-electron chi connectivity index (χ4n) is 2.47. The summed E-state index contributed by atoms with van der Waals surface area (Å²) < 4.78 is 23.0. The largest absolute Gasteiger partial charge is 0.340 e. The summed E-state index contributed by atoms with van der Waals surface area (Å²) in [5, 5.41) is 0. The smallest absolute Gasteiger partial charge is 0.237 e. The molecule has 5 nitrogen and oxygen atoms in total. The van der Waals surface area contributed by atoms with Crippen molar-refractivity contribution in [1.82, 2.24) is 4.90 Å². The fraction of sp³-hybridized carbons (Fsp3) is 0.500. The highest BCUT2D eigenvalue weighted by Gasteiger charge is 2.34. The first-order chi connectivity index (χ1) is 9.43. The number of likely N-dealkylation sites (tertiary alicyclic amines) is 1. The van der Waals surface area contributed by atoms with Crippen LogP contribution in [-0.4, -0.2) is 49.9 Å². The molecule has 1 fully saturated rings. The van der Waals surface area contributed by atoms with Crippen LogP contribution in [0, 0.1) is 0 Å². The number of nitrogens with two attached hydrogens (primary N) is 1. The van der Waals surface area contributed by atoms with Crippen molar-refractivity contribution in [2.75, 3.05) is 24.6 Å². The van der Waals surface area contributed by atoms with Gasteiger partial charge in [0.05, 0.1) is 0 Å². The zero-order valence-electron chi connectivity index (χ0n) is 11.5. The number of rotatable bonds is 4. The number of carbonyl (C=O) groups is 1. The van der Waals surface area contributed by atoms with Crippen LogP contribution in [0.1, 0.15) is 18.4 Å². The molecule has 1 amide bonds. The Morgan fingerprint density at radius 1 is 1.30 bits per heavy atom. The summed E-state index contributed by atoms with van der Waals surface area (Å²) in [5.41, 5.74) is 7.18. The van der Waals surface area contributed by atoms with Gasteiger partial charge in [0.15, 0.2) is 9.84 Å². The Kier molecular flexibility index (Phi) is 4.45. The van der Waals surface area contributed by atoms with Crippen LogP contribution in [-0.2, 0) is 14.6 Å². The van der Waals surface area contributed by atoms with Crippen LogP contribution in [0.15, 0.2) is 30.3 Å². The van der Waals surface area contributed by atoms with Crippen LogP contribution in [0.4, 0.5) is 0 Å². The number of sulfone groups is 1. The van der Waals surface area contributed by atoms with Crippen LogP contribution >= 0.6 is 0 Å². The average Bonchev–Trinajstić information content (AvgIpc) is 2.81. The lowest BCUT2D eigenvalue weighted by Crippen LogP contribution is -2.36. The predicted molar refractivity (Wildman–Crippen MR) is 78.1 cm³/mol. The lowest BCUT2D eigenvalue weighted by Gasteiger charge is -2.16. The minimum absolute atomic E-state index is 0.0131. The van der Waals surface area contributed by atoms with Gasteiger partial charge < -0.3 is 10.6 Å². The topological polar surface area (TPSA) is 80.5 Å². The Morgan fingerprint density at radius 2 is 1.95 bits per heavy atom. The van der Waals surface area contributed by atoms with Gasteiger partial charge in [-0.2, -0.15) is 0 Å². The molecular formula is C14H20N2O3S. The van der Waals surface area contributed by atoms with Gasteiger partial charge in [0.1, 0.15) is 5.75 Å². The first kappa shape index (κ1) is 15.0. The SMILES string of the molecule is CCS(=O)(=O)CC(=O)N1C[C@@H](N)[C@H](c2ccccc2)C1. The van der Waals surface area contributed by atoms with Gasteiger partial charge in [-0.05, 0) is 5.56 Å². The van der Waals surface area contributed by atoms with Crippen LogP contribution in [0.5, 0.6) is 0 Å². The van der Waals surface area contributed by atoms with E-state index in [0.29, 0.717) is 13.1 Å². The van der Waals surface area contributed by atoms with E-state index in [1.807, 2.05) is 30.3 Å². The summed E-state index contributed by atoms with van der Waals surface area (Å²) in [6, 6.07) is 9.64. The molecular weight excluding hydrogens is 276 g/mol. The van der Waals surface area contributed by atoms with Gasteiger partial charge in [-0.15, -0.1) is 0 Å². The van der Waals surface area contributed by atoms with E-state index in [9.17, 15) is 13.2 Å². The number of benzene rings is 1. The summed E-state index contributed by atoms with van der Waals surface area (Å²) in [7, 11) is -3.29. The highest BCUT2D eigenvalue weighted by Crippen LogP contribution is 2.26. The minimum Gasteiger partial charge on any atom is -0.340 e. The minimum atomic E-state index is -3.29. The highest BCUT2D eigenvalue weighted by atomic mass is 32.2. The molecule has 1 heterocycles. The number of hydrogen-bond donors (Lipinski definition) is 1. The van der Waals surface area contributed by atoms with Crippen LogP contribution < -0.4 is 5.73 Å². The fourth-order valence-corrected chi connectivity index (χ4v) is 3.23. The van der Waals surface area contributed by atoms with Crippen LogP contribution in [0.2, 0.25) is 0 Å². The van der Waals surface area contributed by atoms with Gasteiger partial charge in [0.25, 0.3) is 0 Å². The molecule has 2 atom stereocenters. The van der Waals surface area contributed by atoms with E-state index < -0.39 is 15.6 Å². The molecule has 0 unspecified atom stereocenters. The summed E-state index contributed by atoms with van der Waals surface area (Å²) in [4.78, 5) is 13.6. The van der Waals surface area contributed by atoms with Crippen molar-refractivity contribution in [3.8, 4) is 0 Å². The molecule has 0 aliphatic carbocycles. The maximum atomic E-state index is 12.0. The van der Waals surface area contributed by atoms with E-state index in [1.165, 1.54) is 0 Å². The van der Waals surface area contributed by atoms with Crippen molar-refractivity contribution in [1.29, 1.82) is 0 Å². The van der Waals surface area contributed by atoms with E-state index >= 15 is 0 Å². The number of amides is 1. The molecule has 0 saturated carbocycles. The number of carbonyl (C=O) groups excluding carboxylic acids is 1. The van der Waals surface area contributed by atoms with Crippen molar-refractivity contribution in [3.05, 3.63) is 35.9 Å². The summed E-state index contributed by atoms with van der Waals surface area (Å²) in [5.74, 6) is -0.705. The third kappa shape index (κ3) is 3.37. The Bertz CT molecular complexity index is 571. The van der Waals surface area contributed by atoms with Crippen molar-refractivity contribution in [3.63, 3.8) is 0 Å². The predicted octanol–water partition coefficient (Wildman–Crippen LogP) is 0.374. The molecule has 0 radical (unpaired) electrons. The molecule has 0 spiro atoms. The summed E-state index contributed by atoms with van der Waals surface area (Å²) in [6.07, 6.45) is 0. The highest BCUT2D eigenvalue weighted by molar-refractivity contribution is 7.92. The number of nitrogens with zero attached hydrogens (tertiary/aromatic N) is 1. The molecule has 20 heavy (non-hydrogen) atoms. The molecule has 2 N–H and O–H groups in total. The van der Waals surface area contributed by atoms with Crippen molar-refractivity contribution in [2.24, 2.45) is 5.73 Å². The molecule has 1 aliphatic rings. The number of hydrogen-bond acceptors (Lipinski definition) is 4. The molecule has 1 aromatic rings. The normalized spacial score (nSPS) is 23.0. The lowest BCUT2D eigenvalue weighted by molar-refractivity contribution is -0.127. The monoisotopic (exact) mass is 296 g/mol. The van der Waals surface area contributed by atoms with Gasteiger partial charge in [-0.1, -0.05) is 37.3 Å². The second-order valence-corrected chi connectivity index (χ2v) is 7.51. The zero-order chi connectivity index (χ0) is 14.8. The Labute approximate surface area is 119 Å². The van der Waals surface area contributed by atoms with E-state index in [4.69, 9.17) is 5.73 Å². The van der Waals surface area contributed by atoms with Crippen molar-refractivity contribution >= 4 is 15.7 Å². The Balaban J connectivity index is 2.06. The molecule has 1 aliphatic heterocycles. The van der Waals surface area contributed by atoms with Crippen molar-refractivity contribution < 1.29 is 13.2 Å². The Morgan fingerprint density at radius 3 is 2.55 bits per heavy atom. The standard InChI is InChI=1S/C14H20N2O3S/c1-2-20(18,19)10-14(17)16-8-12(13(15)9-16)11-6-4-3-5-7-11/h3-7,12-13H,2,8-10,15H2,1H3/t12-,13+/m0/s1. The van der Waals surface area contributed by atoms with Gasteiger partial charge >= 0.3 is 0 Å². The van der Waals surface area contributed by atoms with E-state index in [0.717, 1.165) is 5.56 Å². The average molecular weight is 296 g/mol. The molecule has 2 rings (SSSR count). The van der Waals surface area contributed by atoms with Crippen molar-refractivity contribution in [2.45, 2.75) is 18.9 Å². The summed E-state index contributed by atoms with van der Waals surface area (Å²) in [6.45, 7) is 2.45. The van der Waals surface area contributed by atoms with E-state index in [-0.39, 0.29) is 23.6 Å². The molecule has 1 saturated heterocycles. The molecule has 110 valence electrons. The van der Waals surface area contributed by atoms with Gasteiger partial charge in [-0.25, -0.2) is 8.42 Å². The van der Waals surface area contributed by atoms with E-state index in [2.05, 4.69) is 0 Å². The first-order valence-electron chi connectivity index (χ1n) is 6.71. The second-order valence-electron chi connectivity index (χ2n) is 5.16. The van der Waals surface area contributed by atoms with Crippen LogP contribution in [0.3, 0.4) is 0 Å². The molecule has 6 heteroatoms. The third-order valence-electron chi connectivity index (χ3n) is 3.73. The second kappa shape index (κ2) is 5.93. The van der Waals surface area contributed by atoms with Crippen LogP contribution in [0.25, 0.3) is 0 Å². The van der Waals surface area contributed by atoms with E-state index in [1.54, 1.807) is 11.8 Å². The summed E-state index contributed by atoms with van der Waals surface area (Å²) >= 11 is 0.